The largest absolute Gasteiger partial charge is 0.401 e. The van der Waals surface area contributed by atoms with Crippen molar-refractivity contribution in [1.29, 1.82) is 0 Å². The molecule has 0 saturated heterocycles. The van der Waals surface area contributed by atoms with Crippen molar-refractivity contribution in [3.8, 4) is 0 Å². The Morgan fingerprint density at radius 1 is 1.10 bits per heavy atom. The van der Waals surface area contributed by atoms with Crippen LogP contribution < -0.4 is 5.32 Å². The first kappa shape index (κ1) is 18.0. The van der Waals surface area contributed by atoms with Gasteiger partial charge in [0.15, 0.2) is 0 Å². The highest BCUT2D eigenvalue weighted by Gasteiger charge is 2.31. The second kappa shape index (κ2) is 9.05. The Labute approximate surface area is 125 Å². The first-order valence-corrected chi connectivity index (χ1v) is 7.53. The fraction of sp³-hybridized carbons (Fsp3) is 0.625. The molecule has 0 spiro atoms. The number of nitrogens with zero attached hydrogens (tertiary/aromatic N) is 1. The molecule has 21 heavy (non-hydrogen) atoms. The molecule has 120 valence electrons. The van der Waals surface area contributed by atoms with E-state index in [1.165, 1.54) is 4.90 Å². The number of benzene rings is 1. The van der Waals surface area contributed by atoms with Gasteiger partial charge in [0.25, 0.3) is 0 Å². The topological polar surface area (TPSA) is 15.3 Å². The minimum atomic E-state index is -4.15. The van der Waals surface area contributed by atoms with Crippen LogP contribution >= 0.6 is 0 Å². The summed E-state index contributed by atoms with van der Waals surface area (Å²) in [6, 6.07) is 9.61. The molecular weight excluding hydrogens is 277 g/mol. The molecule has 1 atom stereocenters. The maximum absolute atomic E-state index is 12.7. The molecule has 0 amide bonds. The van der Waals surface area contributed by atoms with E-state index >= 15 is 0 Å². The van der Waals surface area contributed by atoms with Crippen LogP contribution in [0.15, 0.2) is 30.3 Å². The van der Waals surface area contributed by atoms with Gasteiger partial charge in [-0.1, -0.05) is 44.2 Å². The SMILES string of the molecule is CCCNC(CN(CCC)CC(F)(F)F)c1ccccc1. The van der Waals surface area contributed by atoms with E-state index in [1.54, 1.807) is 0 Å². The third kappa shape index (κ3) is 7.48. The summed E-state index contributed by atoms with van der Waals surface area (Å²) in [5.74, 6) is 0. The number of rotatable bonds is 9. The lowest BCUT2D eigenvalue weighted by Gasteiger charge is -2.29. The average Bonchev–Trinajstić information content (AvgIpc) is 2.43. The smallest absolute Gasteiger partial charge is 0.309 e. The molecule has 1 unspecified atom stereocenters. The van der Waals surface area contributed by atoms with Gasteiger partial charge in [0, 0.05) is 12.6 Å². The summed E-state index contributed by atoms with van der Waals surface area (Å²) in [6.45, 7) is 4.73. The minimum Gasteiger partial charge on any atom is -0.309 e. The highest BCUT2D eigenvalue weighted by atomic mass is 19.4. The maximum atomic E-state index is 12.7. The summed E-state index contributed by atoms with van der Waals surface area (Å²) in [5, 5.41) is 3.35. The van der Waals surface area contributed by atoms with Crippen LogP contribution in [-0.4, -0.2) is 37.3 Å². The number of nitrogens with one attached hydrogen (secondary N) is 1. The van der Waals surface area contributed by atoms with E-state index in [0.717, 1.165) is 18.5 Å². The van der Waals surface area contributed by atoms with Crippen LogP contribution in [-0.2, 0) is 0 Å². The van der Waals surface area contributed by atoms with Gasteiger partial charge in [-0.15, -0.1) is 0 Å². The normalized spacial score (nSPS) is 13.6. The average molecular weight is 302 g/mol. The van der Waals surface area contributed by atoms with E-state index in [-0.39, 0.29) is 6.04 Å². The van der Waals surface area contributed by atoms with E-state index in [9.17, 15) is 13.2 Å². The molecule has 1 aromatic rings. The third-order valence-electron chi connectivity index (χ3n) is 3.23. The van der Waals surface area contributed by atoms with E-state index in [4.69, 9.17) is 0 Å². The second-order valence-electron chi connectivity index (χ2n) is 5.27. The summed E-state index contributed by atoms with van der Waals surface area (Å²) in [6.07, 6.45) is -2.48. The van der Waals surface area contributed by atoms with Crippen LogP contribution in [0.1, 0.15) is 38.3 Å². The van der Waals surface area contributed by atoms with Crippen molar-refractivity contribution in [2.45, 2.75) is 38.9 Å². The molecule has 1 N–H and O–H groups in total. The summed E-state index contributed by atoms with van der Waals surface area (Å²) in [7, 11) is 0. The van der Waals surface area contributed by atoms with Crippen molar-refractivity contribution in [3.05, 3.63) is 35.9 Å². The van der Waals surface area contributed by atoms with Gasteiger partial charge in [0.05, 0.1) is 6.54 Å². The first-order valence-electron chi connectivity index (χ1n) is 7.53. The minimum absolute atomic E-state index is 0.0694. The first-order chi connectivity index (χ1) is 9.96. The number of hydrogen-bond acceptors (Lipinski definition) is 2. The predicted octanol–water partition coefficient (Wildman–Crippen LogP) is 4.00. The van der Waals surface area contributed by atoms with E-state index < -0.39 is 12.7 Å². The Morgan fingerprint density at radius 3 is 2.29 bits per heavy atom. The van der Waals surface area contributed by atoms with Gasteiger partial charge in [0.1, 0.15) is 0 Å². The van der Waals surface area contributed by atoms with E-state index in [0.29, 0.717) is 19.5 Å². The lowest BCUT2D eigenvalue weighted by molar-refractivity contribution is -0.146. The zero-order valence-corrected chi connectivity index (χ0v) is 12.8. The predicted molar refractivity (Wildman–Crippen MR) is 80.3 cm³/mol. The third-order valence-corrected chi connectivity index (χ3v) is 3.23. The van der Waals surface area contributed by atoms with Crippen molar-refractivity contribution < 1.29 is 13.2 Å². The molecule has 0 aliphatic carbocycles. The quantitative estimate of drug-likeness (QED) is 0.741. The van der Waals surface area contributed by atoms with Crippen LogP contribution in [0, 0.1) is 0 Å². The van der Waals surface area contributed by atoms with Gasteiger partial charge in [-0.2, -0.15) is 13.2 Å². The van der Waals surface area contributed by atoms with Gasteiger partial charge < -0.3 is 5.32 Å². The zero-order valence-electron chi connectivity index (χ0n) is 12.8. The van der Waals surface area contributed by atoms with Crippen LogP contribution in [0.25, 0.3) is 0 Å². The molecule has 0 heterocycles. The monoisotopic (exact) mass is 302 g/mol. The van der Waals surface area contributed by atoms with Crippen LogP contribution in [0.3, 0.4) is 0 Å². The van der Waals surface area contributed by atoms with Crippen molar-refractivity contribution in [2.24, 2.45) is 0 Å². The molecule has 2 nitrogen and oxygen atoms in total. The Hall–Kier alpha value is -1.07. The van der Waals surface area contributed by atoms with Gasteiger partial charge in [-0.05, 0) is 31.5 Å². The summed E-state index contributed by atoms with van der Waals surface area (Å²) in [5.41, 5.74) is 1.04. The highest BCUT2D eigenvalue weighted by Crippen LogP contribution is 2.20. The Morgan fingerprint density at radius 2 is 1.76 bits per heavy atom. The zero-order chi connectivity index (χ0) is 15.7. The van der Waals surface area contributed by atoms with E-state index in [1.807, 2.05) is 37.3 Å². The Bertz CT molecular complexity index is 379. The lowest BCUT2D eigenvalue weighted by Crippen LogP contribution is -2.41. The molecule has 0 aromatic heterocycles. The molecule has 0 bridgehead atoms. The van der Waals surface area contributed by atoms with Gasteiger partial charge in [-0.25, -0.2) is 0 Å². The van der Waals surface area contributed by atoms with Crippen LogP contribution in [0.2, 0.25) is 0 Å². The van der Waals surface area contributed by atoms with Crippen molar-refractivity contribution >= 4 is 0 Å². The molecule has 0 saturated carbocycles. The van der Waals surface area contributed by atoms with Gasteiger partial charge >= 0.3 is 6.18 Å². The Kier molecular flexibility index (Phi) is 7.75. The van der Waals surface area contributed by atoms with Crippen LogP contribution in [0.4, 0.5) is 13.2 Å². The van der Waals surface area contributed by atoms with Gasteiger partial charge in [0.2, 0.25) is 0 Å². The summed E-state index contributed by atoms with van der Waals surface area (Å²) >= 11 is 0. The molecule has 0 aliphatic rings. The van der Waals surface area contributed by atoms with Gasteiger partial charge in [-0.3, -0.25) is 4.90 Å². The molecule has 1 aromatic carbocycles. The number of alkyl halides is 3. The van der Waals surface area contributed by atoms with E-state index in [2.05, 4.69) is 12.2 Å². The molecule has 0 aliphatic heterocycles. The van der Waals surface area contributed by atoms with Crippen LogP contribution in [0.5, 0.6) is 0 Å². The fourth-order valence-electron chi connectivity index (χ4n) is 2.35. The standard InChI is InChI=1S/C16H25F3N2/c1-3-10-20-15(14-8-6-5-7-9-14)12-21(11-4-2)13-16(17,18)19/h5-9,15,20H,3-4,10-13H2,1-2H3. The fourth-order valence-corrected chi connectivity index (χ4v) is 2.35. The number of halogens is 3. The summed E-state index contributed by atoms with van der Waals surface area (Å²) < 4.78 is 38.0. The van der Waals surface area contributed by atoms with Crippen molar-refractivity contribution in [2.75, 3.05) is 26.2 Å². The van der Waals surface area contributed by atoms with Crippen molar-refractivity contribution in [3.63, 3.8) is 0 Å². The molecule has 0 fully saturated rings. The summed E-state index contributed by atoms with van der Waals surface area (Å²) in [4.78, 5) is 1.49. The van der Waals surface area contributed by atoms with Crippen molar-refractivity contribution in [1.82, 2.24) is 10.2 Å². The maximum Gasteiger partial charge on any atom is 0.401 e. The highest BCUT2D eigenvalue weighted by molar-refractivity contribution is 5.19. The Balaban J connectivity index is 2.76. The molecule has 5 heteroatoms. The molecular formula is C16H25F3N2. The lowest BCUT2D eigenvalue weighted by atomic mass is 10.1. The molecule has 1 rings (SSSR count). The molecule has 0 radical (unpaired) electrons. The second-order valence-corrected chi connectivity index (χ2v) is 5.27. The number of hydrogen-bond donors (Lipinski definition) is 1.